The first-order valence-electron chi connectivity index (χ1n) is 6.08. The van der Waals surface area contributed by atoms with Crippen molar-refractivity contribution in [2.75, 3.05) is 12.9 Å². The number of pyridine rings is 1. The molecule has 0 aliphatic heterocycles. The maximum Gasteiger partial charge on any atom is 0.233 e. The van der Waals surface area contributed by atoms with Crippen LogP contribution in [0.1, 0.15) is 12.5 Å². The Bertz CT molecular complexity index is 653. The second kappa shape index (κ2) is 6.78. The van der Waals surface area contributed by atoms with Crippen molar-refractivity contribution in [1.82, 2.24) is 4.98 Å². The molecular weight excluding hydrogens is 336 g/mol. The molecule has 0 spiro atoms. The predicted octanol–water partition coefficient (Wildman–Crippen LogP) is 4.50. The molecule has 1 aromatic carbocycles. The molecule has 3 nitrogen and oxygen atoms in total. The van der Waals surface area contributed by atoms with Crippen molar-refractivity contribution >= 4 is 27.7 Å². The van der Waals surface area contributed by atoms with E-state index in [9.17, 15) is 5.26 Å². The Balaban J connectivity index is 2.76. The summed E-state index contributed by atoms with van der Waals surface area (Å²) in [7, 11) is 0. The highest BCUT2D eigenvalue weighted by atomic mass is 79.9. The summed E-state index contributed by atoms with van der Waals surface area (Å²) in [6, 6.07) is 12.0. The van der Waals surface area contributed by atoms with E-state index in [1.54, 1.807) is 0 Å². The van der Waals surface area contributed by atoms with Crippen LogP contribution < -0.4 is 4.74 Å². The van der Waals surface area contributed by atoms with Gasteiger partial charge in [-0.3, -0.25) is 0 Å². The summed E-state index contributed by atoms with van der Waals surface area (Å²) in [5, 5.41) is 10.3. The van der Waals surface area contributed by atoms with Crippen molar-refractivity contribution < 1.29 is 4.74 Å². The minimum atomic E-state index is 0.390. The number of rotatable bonds is 4. The van der Waals surface area contributed by atoms with E-state index in [0.717, 1.165) is 20.6 Å². The van der Waals surface area contributed by atoms with Crippen LogP contribution in [0.3, 0.4) is 0 Å². The molecule has 0 radical (unpaired) electrons. The first-order valence-corrected chi connectivity index (χ1v) is 8.10. The minimum absolute atomic E-state index is 0.390. The van der Waals surface area contributed by atoms with Crippen LogP contribution >= 0.6 is 27.7 Å². The number of thioether (sulfide) groups is 1. The molecule has 0 saturated heterocycles. The van der Waals surface area contributed by atoms with Crippen LogP contribution in [-0.4, -0.2) is 17.8 Å². The Morgan fingerprint density at radius 1 is 1.35 bits per heavy atom. The van der Waals surface area contributed by atoms with Gasteiger partial charge < -0.3 is 4.74 Å². The van der Waals surface area contributed by atoms with Crippen LogP contribution in [-0.2, 0) is 0 Å². The molecule has 0 atom stereocenters. The van der Waals surface area contributed by atoms with Gasteiger partial charge in [0.25, 0.3) is 0 Å². The van der Waals surface area contributed by atoms with E-state index in [2.05, 4.69) is 27.0 Å². The van der Waals surface area contributed by atoms with E-state index in [0.29, 0.717) is 18.1 Å². The Labute approximate surface area is 131 Å². The zero-order chi connectivity index (χ0) is 14.5. The lowest BCUT2D eigenvalue weighted by molar-refractivity contribution is 0.323. The lowest BCUT2D eigenvalue weighted by atomic mass is 10.0. The summed E-state index contributed by atoms with van der Waals surface area (Å²) in [5.41, 5.74) is 2.26. The average molecular weight is 349 g/mol. The van der Waals surface area contributed by atoms with Gasteiger partial charge in [-0.2, -0.15) is 5.26 Å². The second-order valence-electron chi connectivity index (χ2n) is 3.90. The van der Waals surface area contributed by atoms with Crippen LogP contribution in [0.5, 0.6) is 5.88 Å². The van der Waals surface area contributed by atoms with E-state index in [1.807, 2.05) is 43.5 Å². The number of ether oxygens (including phenoxy) is 1. The molecule has 0 saturated carbocycles. The Morgan fingerprint density at radius 2 is 2.05 bits per heavy atom. The molecule has 102 valence electrons. The van der Waals surface area contributed by atoms with Gasteiger partial charge in [0.05, 0.1) is 11.1 Å². The number of hydrogen-bond acceptors (Lipinski definition) is 4. The van der Waals surface area contributed by atoms with Gasteiger partial charge in [-0.1, -0.05) is 30.3 Å². The maximum absolute atomic E-state index is 9.48. The lowest BCUT2D eigenvalue weighted by Gasteiger charge is -2.14. The fourth-order valence-corrected chi connectivity index (χ4v) is 3.33. The average Bonchev–Trinajstić information content (AvgIpc) is 2.49. The van der Waals surface area contributed by atoms with Gasteiger partial charge in [-0.15, -0.1) is 11.8 Å². The summed E-state index contributed by atoms with van der Waals surface area (Å²) in [4.78, 5) is 4.41. The topological polar surface area (TPSA) is 45.9 Å². The fourth-order valence-electron chi connectivity index (χ4n) is 1.88. The number of benzene rings is 1. The first kappa shape index (κ1) is 14.9. The summed E-state index contributed by atoms with van der Waals surface area (Å²) in [6.45, 7) is 2.36. The molecule has 20 heavy (non-hydrogen) atoms. The predicted molar refractivity (Wildman–Crippen MR) is 85.0 cm³/mol. The maximum atomic E-state index is 9.48. The standard InChI is InChI=1S/C15H13BrN2OS/c1-3-19-14-11(9-17)12(10-7-5-4-6-8-10)13(16)15(18-14)20-2/h4-8H,3H2,1-2H3. The van der Waals surface area contributed by atoms with Crippen molar-refractivity contribution in [3.05, 3.63) is 40.4 Å². The highest BCUT2D eigenvalue weighted by molar-refractivity contribution is 9.10. The molecule has 0 N–H and O–H groups in total. The van der Waals surface area contributed by atoms with Gasteiger partial charge in [-0.25, -0.2) is 4.98 Å². The second-order valence-corrected chi connectivity index (χ2v) is 5.49. The number of nitriles is 1. The molecule has 2 aromatic rings. The van der Waals surface area contributed by atoms with Crippen LogP contribution in [0, 0.1) is 11.3 Å². The van der Waals surface area contributed by atoms with Crippen molar-refractivity contribution in [3.63, 3.8) is 0 Å². The Morgan fingerprint density at radius 3 is 2.60 bits per heavy atom. The van der Waals surface area contributed by atoms with Gasteiger partial charge in [0.1, 0.15) is 16.7 Å². The largest absolute Gasteiger partial charge is 0.477 e. The molecule has 0 unspecified atom stereocenters. The number of aromatic nitrogens is 1. The van der Waals surface area contributed by atoms with Crippen molar-refractivity contribution in [2.45, 2.75) is 11.9 Å². The highest BCUT2D eigenvalue weighted by Gasteiger charge is 2.20. The monoisotopic (exact) mass is 348 g/mol. The first-order chi connectivity index (χ1) is 9.72. The van der Waals surface area contributed by atoms with Crippen molar-refractivity contribution in [3.8, 4) is 23.1 Å². The normalized spacial score (nSPS) is 10.1. The van der Waals surface area contributed by atoms with Crippen LogP contribution in [0.25, 0.3) is 11.1 Å². The molecule has 5 heteroatoms. The zero-order valence-corrected chi connectivity index (χ0v) is 13.6. The summed E-state index contributed by atoms with van der Waals surface area (Å²) >= 11 is 5.08. The fraction of sp³-hybridized carbons (Fsp3) is 0.200. The van der Waals surface area contributed by atoms with Crippen LogP contribution in [0.15, 0.2) is 39.8 Å². The molecule has 1 aromatic heterocycles. The number of hydrogen-bond donors (Lipinski definition) is 0. The summed E-state index contributed by atoms with van der Waals surface area (Å²) < 4.78 is 6.35. The van der Waals surface area contributed by atoms with Gasteiger partial charge in [-0.05, 0) is 34.7 Å². The lowest BCUT2D eigenvalue weighted by Crippen LogP contribution is -2.01. The molecular formula is C15H13BrN2OS. The van der Waals surface area contributed by atoms with Gasteiger partial charge >= 0.3 is 0 Å². The third-order valence-corrected chi connectivity index (χ3v) is 4.44. The quantitative estimate of drug-likeness (QED) is 0.763. The van der Waals surface area contributed by atoms with Crippen LogP contribution in [0.4, 0.5) is 0 Å². The van der Waals surface area contributed by atoms with Gasteiger partial charge in [0.15, 0.2) is 0 Å². The third-order valence-electron chi connectivity index (χ3n) is 2.72. The SMILES string of the molecule is CCOc1nc(SC)c(Br)c(-c2ccccc2)c1C#N. The van der Waals surface area contributed by atoms with Gasteiger partial charge in [0.2, 0.25) is 5.88 Å². The van der Waals surface area contributed by atoms with E-state index in [1.165, 1.54) is 11.8 Å². The molecule has 0 fully saturated rings. The Hall–Kier alpha value is -1.51. The number of halogens is 1. The minimum Gasteiger partial charge on any atom is -0.477 e. The van der Waals surface area contributed by atoms with Crippen molar-refractivity contribution in [2.24, 2.45) is 0 Å². The van der Waals surface area contributed by atoms with E-state index in [-0.39, 0.29) is 0 Å². The number of nitrogens with zero attached hydrogens (tertiary/aromatic N) is 2. The highest BCUT2D eigenvalue weighted by Crippen LogP contribution is 2.40. The van der Waals surface area contributed by atoms with Gasteiger partial charge in [0, 0.05) is 5.56 Å². The molecule has 0 aliphatic rings. The summed E-state index contributed by atoms with van der Waals surface area (Å²) in [6.07, 6.45) is 1.95. The Kier molecular flexibility index (Phi) is 5.05. The summed E-state index contributed by atoms with van der Waals surface area (Å²) in [5.74, 6) is 0.390. The van der Waals surface area contributed by atoms with Crippen molar-refractivity contribution in [1.29, 1.82) is 5.26 Å². The molecule has 2 rings (SSSR count). The van der Waals surface area contributed by atoms with Crippen LogP contribution in [0.2, 0.25) is 0 Å². The molecule has 0 aliphatic carbocycles. The van der Waals surface area contributed by atoms with E-state index >= 15 is 0 Å². The smallest absolute Gasteiger partial charge is 0.233 e. The molecule has 0 amide bonds. The third kappa shape index (κ3) is 2.82. The zero-order valence-electron chi connectivity index (χ0n) is 11.2. The van der Waals surface area contributed by atoms with E-state index < -0.39 is 0 Å². The van der Waals surface area contributed by atoms with E-state index in [4.69, 9.17) is 4.74 Å². The molecule has 0 bridgehead atoms. The molecule has 1 heterocycles.